The van der Waals surface area contributed by atoms with E-state index in [1.807, 2.05) is 0 Å². The topological polar surface area (TPSA) is 117 Å². The van der Waals surface area contributed by atoms with Crippen LogP contribution in [0.15, 0.2) is 29.6 Å². The molecule has 0 aliphatic carbocycles. The molecule has 0 radical (unpaired) electrons. The quantitative estimate of drug-likeness (QED) is 0.670. The van der Waals surface area contributed by atoms with Gasteiger partial charge in [-0.05, 0) is 24.3 Å². The van der Waals surface area contributed by atoms with Crippen LogP contribution in [0.2, 0.25) is 0 Å². The molecule has 1 amide bonds. The minimum absolute atomic E-state index is 0.136. The second-order valence-electron chi connectivity index (χ2n) is 4.28. The molecule has 0 bridgehead atoms. The molecule has 7 nitrogen and oxygen atoms in total. The molecule has 110 valence electrons. The Labute approximate surface area is 124 Å². The van der Waals surface area contributed by atoms with Crippen molar-refractivity contribution < 1.29 is 14.7 Å². The highest BCUT2D eigenvalue weighted by Crippen LogP contribution is 2.24. The fraction of sp³-hybridized carbons (Fsp3) is 0.154. The highest BCUT2D eigenvalue weighted by Gasteiger charge is 2.17. The lowest BCUT2D eigenvalue weighted by atomic mass is 10.2. The van der Waals surface area contributed by atoms with Crippen LogP contribution in [-0.4, -0.2) is 22.0 Å². The number of amides is 1. The number of aromatic nitrogens is 1. The Hall–Kier alpha value is -2.45. The summed E-state index contributed by atoms with van der Waals surface area (Å²) in [6.07, 6.45) is 0. The molecule has 1 atom stereocenters. The molecule has 1 aromatic heterocycles. The van der Waals surface area contributed by atoms with E-state index in [0.717, 1.165) is 5.69 Å². The molecule has 0 saturated heterocycles. The summed E-state index contributed by atoms with van der Waals surface area (Å²) >= 11 is 1.27. The predicted molar refractivity (Wildman–Crippen MR) is 80.7 cm³/mol. The van der Waals surface area contributed by atoms with Gasteiger partial charge in [0.2, 0.25) is 5.91 Å². The van der Waals surface area contributed by atoms with E-state index in [1.165, 1.54) is 18.3 Å². The Kier molecular flexibility index (Phi) is 4.51. The molecule has 5 N–H and O–H groups in total. The van der Waals surface area contributed by atoms with Crippen LogP contribution >= 0.6 is 11.3 Å². The minimum atomic E-state index is -1.13. The SMILES string of the molecule is CC(=O)Nc1ccc(Nc2nc(C(N)C(=O)O)cs2)cc1. The third-order valence-corrected chi connectivity index (χ3v) is 3.34. The van der Waals surface area contributed by atoms with Crippen molar-refractivity contribution in [2.45, 2.75) is 13.0 Å². The van der Waals surface area contributed by atoms with Gasteiger partial charge in [0, 0.05) is 23.7 Å². The molecule has 2 rings (SSSR count). The van der Waals surface area contributed by atoms with Crippen molar-refractivity contribution in [1.82, 2.24) is 4.98 Å². The Morgan fingerprint density at radius 3 is 2.48 bits per heavy atom. The first-order chi connectivity index (χ1) is 9.95. The summed E-state index contributed by atoms with van der Waals surface area (Å²) in [6, 6.07) is 5.94. The van der Waals surface area contributed by atoms with Crippen LogP contribution in [0.4, 0.5) is 16.5 Å². The number of nitrogens with one attached hydrogen (secondary N) is 2. The third-order valence-electron chi connectivity index (χ3n) is 2.56. The number of carboxylic acid groups (broad SMARTS) is 1. The number of carbonyl (C=O) groups excluding carboxylic acids is 1. The highest BCUT2D eigenvalue weighted by atomic mass is 32.1. The predicted octanol–water partition coefficient (Wildman–Crippen LogP) is 1.93. The van der Waals surface area contributed by atoms with Crippen molar-refractivity contribution in [3.8, 4) is 0 Å². The monoisotopic (exact) mass is 306 g/mol. The fourth-order valence-electron chi connectivity index (χ4n) is 1.58. The van der Waals surface area contributed by atoms with E-state index in [2.05, 4.69) is 15.6 Å². The summed E-state index contributed by atoms with van der Waals surface area (Å²) in [5.41, 5.74) is 7.26. The van der Waals surface area contributed by atoms with E-state index in [4.69, 9.17) is 10.8 Å². The number of carboxylic acids is 1. The van der Waals surface area contributed by atoms with Gasteiger partial charge in [0.25, 0.3) is 0 Å². The fourth-order valence-corrected chi connectivity index (χ4v) is 2.34. The number of hydrogen-bond donors (Lipinski definition) is 4. The van der Waals surface area contributed by atoms with Crippen molar-refractivity contribution in [2.75, 3.05) is 10.6 Å². The molecule has 0 spiro atoms. The number of benzene rings is 1. The van der Waals surface area contributed by atoms with Crippen LogP contribution in [0.25, 0.3) is 0 Å². The van der Waals surface area contributed by atoms with Gasteiger partial charge >= 0.3 is 5.97 Å². The summed E-state index contributed by atoms with van der Waals surface area (Å²) in [5, 5.41) is 16.7. The molecular formula is C13H14N4O3S. The summed E-state index contributed by atoms with van der Waals surface area (Å²) in [4.78, 5) is 25.8. The van der Waals surface area contributed by atoms with E-state index >= 15 is 0 Å². The van der Waals surface area contributed by atoms with Crippen molar-refractivity contribution >= 4 is 39.7 Å². The zero-order valence-corrected chi connectivity index (χ0v) is 12.0. The number of rotatable bonds is 5. The number of thiazole rings is 1. The van der Waals surface area contributed by atoms with Gasteiger partial charge in [0.05, 0.1) is 5.69 Å². The van der Waals surface area contributed by atoms with Crippen LogP contribution in [0, 0.1) is 0 Å². The maximum atomic E-state index is 10.9. The standard InChI is InChI=1S/C13H14N4O3S/c1-7(18)15-8-2-4-9(5-3-8)16-13-17-10(6-21-13)11(14)12(19)20/h2-6,11H,14H2,1H3,(H,15,18)(H,16,17)(H,19,20). The van der Waals surface area contributed by atoms with Gasteiger partial charge in [0.15, 0.2) is 5.13 Å². The summed E-state index contributed by atoms with van der Waals surface area (Å²) in [7, 11) is 0. The molecule has 0 fully saturated rings. The average Bonchev–Trinajstić information content (AvgIpc) is 2.88. The molecule has 8 heteroatoms. The second kappa shape index (κ2) is 6.33. The number of carbonyl (C=O) groups is 2. The minimum Gasteiger partial charge on any atom is -0.480 e. The second-order valence-corrected chi connectivity index (χ2v) is 5.14. The first-order valence-electron chi connectivity index (χ1n) is 6.04. The highest BCUT2D eigenvalue weighted by molar-refractivity contribution is 7.13. The van der Waals surface area contributed by atoms with Crippen LogP contribution in [0.1, 0.15) is 18.7 Å². The lowest BCUT2D eigenvalue weighted by Crippen LogP contribution is -2.20. The van der Waals surface area contributed by atoms with Gasteiger partial charge in [-0.25, -0.2) is 4.98 Å². The summed E-state index contributed by atoms with van der Waals surface area (Å²) < 4.78 is 0. The zero-order chi connectivity index (χ0) is 15.4. The molecule has 2 aromatic rings. The number of hydrogen-bond acceptors (Lipinski definition) is 6. The van der Waals surface area contributed by atoms with E-state index in [1.54, 1.807) is 29.6 Å². The van der Waals surface area contributed by atoms with Crippen LogP contribution in [0.3, 0.4) is 0 Å². The van der Waals surface area contributed by atoms with Crippen LogP contribution in [-0.2, 0) is 9.59 Å². The number of anilines is 3. The normalized spacial score (nSPS) is 11.7. The molecule has 0 aliphatic heterocycles. The van der Waals surface area contributed by atoms with E-state index in [9.17, 15) is 9.59 Å². The van der Waals surface area contributed by atoms with Gasteiger partial charge in [-0.3, -0.25) is 9.59 Å². The number of nitrogens with two attached hydrogens (primary N) is 1. The van der Waals surface area contributed by atoms with E-state index in [-0.39, 0.29) is 5.91 Å². The Morgan fingerprint density at radius 1 is 1.29 bits per heavy atom. The molecular weight excluding hydrogens is 292 g/mol. The van der Waals surface area contributed by atoms with Crippen LogP contribution in [0.5, 0.6) is 0 Å². The van der Waals surface area contributed by atoms with E-state index < -0.39 is 12.0 Å². The number of aliphatic carboxylic acids is 1. The Morgan fingerprint density at radius 2 is 1.90 bits per heavy atom. The smallest absolute Gasteiger partial charge is 0.326 e. The van der Waals surface area contributed by atoms with Gasteiger partial charge in [0.1, 0.15) is 6.04 Å². The van der Waals surface area contributed by atoms with Gasteiger partial charge < -0.3 is 21.5 Å². The molecule has 21 heavy (non-hydrogen) atoms. The number of nitrogens with zero attached hydrogens (tertiary/aromatic N) is 1. The van der Waals surface area contributed by atoms with Crippen molar-refractivity contribution in [1.29, 1.82) is 0 Å². The van der Waals surface area contributed by atoms with Crippen molar-refractivity contribution in [3.63, 3.8) is 0 Å². The maximum absolute atomic E-state index is 10.9. The molecule has 1 aromatic carbocycles. The van der Waals surface area contributed by atoms with Crippen molar-refractivity contribution in [3.05, 3.63) is 35.3 Å². The van der Waals surface area contributed by atoms with Gasteiger partial charge in [-0.15, -0.1) is 11.3 Å². The molecule has 1 heterocycles. The molecule has 1 unspecified atom stereocenters. The Balaban J connectivity index is 2.05. The maximum Gasteiger partial charge on any atom is 0.326 e. The average molecular weight is 306 g/mol. The van der Waals surface area contributed by atoms with Gasteiger partial charge in [-0.1, -0.05) is 0 Å². The summed E-state index contributed by atoms with van der Waals surface area (Å²) in [5.74, 6) is -1.26. The third kappa shape index (κ3) is 4.01. The molecule has 0 saturated carbocycles. The zero-order valence-electron chi connectivity index (χ0n) is 11.2. The van der Waals surface area contributed by atoms with Crippen LogP contribution < -0.4 is 16.4 Å². The largest absolute Gasteiger partial charge is 0.480 e. The lowest BCUT2D eigenvalue weighted by Gasteiger charge is -2.05. The molecule has 0 aliphatic rings. The lowest BCUT2D eigenvalue weighted by molar-refractivity contribution is -0.138. The first kappa shape index (κ1) is 14.9. The first-order valence-corrected chi connectivity index (χ1v) is 6.92. The summed E-state index contributed by atoms with van der Waals surface area (Å²) in [6.45, 7) is 1.44. The van der Waals surface area contributed by atoms with Crippen molar-refractivity contribution in [2.24, 2.45) is 5.73 Å². The van der Waals surface area contributed by atoms with E-state index in [0.29, 0.717) is 16.5 Å². The van der Waals surface area contributed by atoms with Gasteiger partial charge in [-0.2, -0.15) is 0 Å². The Bertz CT molecular complexity index is 654.